The fourth-order valence-electron chi connectivity index (χ4n) is 1.23. The molecule has 0 amide bonds. The summed E-state index contributed by atoms with van der Waals surface area (Å²) >= 11 is 6.37. The molecule has 0 spiro atoms. The van der Waals surface area contributed by atoms with E-state index in [0.29, 0.717) is 15.8 Å². The second-order valence-electron chi connectivity index (χ2n) is 2.69. The summed E-state index contributed by atoms with van der Waals surface area (Å²) in [6, 6.07) is 2.94. The van der Waals surface area contributed by atoms with Gasteiger partial charge in [-0.15, -0.1) is 0 Å². The van der Waals surface area contributed by atoms with Crippen LogP contribution >= 0.6 is 31.9 Å². The van der Waals surface area contributed by atoms with Gasteiger partial charge in [-0.3, -0.25) is 0 Å². The first-order valence-electron chi connectivity index (χ1n) is 3.71. The Balaban J connectivity index is 2.81. The highest BCUT2D eigenvalue weighted by Gasteiger charge is 2.15. The van der Waals surface area contributed by atoms with Crippen LogP contribution in [-0.2, 0) is 0 Å². The van der Waals surface area contributed by atoms with Crippen molar-refractivity contribution in [2.75, 3.05) is 0 Å². The number of imidazole rings is 1. The second-order valence-corrected chi connectivity index (χ2v) is 4.29. The highest BCUT2D eigenvalue weighted by molar-refractivity contribution is 9.11. The number of halogens is 4. The monoisotopic (exact) mass is 324 g/mol. The van der Waals surface area contributed by atoms with E-state index in [2.05, 4.69) is 41.8 Å². The van der Waals surface area contributed by atoms with E-state index < -0.39 is 6.43 Å². The predicted molar refractivity (Wildman–Crippen MR) is 56.5 cm³/mol. The zero-order chi connectivity index (χ0) is 10.3. The molecule has 0 aliphatic rings. The molecule has 0 bridgehead atoms. The van der Waals surface area contributed by atoms with Crippen molar-refractivity contribution in [3.8, 4) is 0 Å². The lowest BCUT2D eigenvalue weighted by Crippen LogP contribution is -1.86. The minimum atomic E-state index is -2.51. The Morgan fingerprint density at radius 1 is 1.29 bits per heavy atom. The molecule has 0 aliphatic heterocycles. The first kappa shape index (κ1) is 10.0. The van der Waals surface area contributed by atoms with Gasteiger partial charge in [0.25, 0.3) is 6.43 Å². The number of hydrogen-bond acceptors (Lipinski definition) is 1. The quantitative estimate of drug-likeness (QED) is 0.842. The standard InChI is InChI=1S/C8H4Br2F2N2/c9-4-2-1-3(7(11)12)5-6(4)14-8(10)13-5/h1-2,7H,(H,13,14). The van der Waals surface area contributed by atoms with Gasteiger partial charge in [0, 0.05) is 10.0 Å². The molecule has 0 saturated carbocycles. The molecule has 1 aromatic carbocycles. The normalized spacial score (nSPS) is 11.5. The van der Waals surface area contributed by atoms with Crippen molar-refractivity contribution in [1.82, 2.24) is 9.97 Å². The molecule has 0 atom stereocenters. The highest BCUT2D eigenvalue weighted by atomic mass is 79.9. The molecular formula is C8H4Br2F2N2. The summed E-state index contributed by atoms with van der Waals surface area (Å²) in [4.78, 5) is 6.79. The van der Waals surface area contributed by atoms with Gasteiger partial charge in [-0.1, -0.05) is 0 Å². The third-order valence-electron chi connectivity index (χ3n) is 1.83. The van der Waals surface area contributed by atoms with Crippen LogP contribution in [0.3, 0.4) is 0 Å². The van der Waals surface area contributed by atoms with Crippen LogP contribution in [0.1, 0.15) is 12.0 Å². The SMILES string of the molecule is FC(F)c1ccc(Br)c2[nH]c(Br)nc12. The van der Waals surface area contributed by atoms with Gasteiger partial charge in [0.1, 0.15) is 0 Å². The summed E-state index contributed by atoms with van der Waals surface area (Å²) in [5, 5.41) is 0. The van der Waals surface area contributed by atoms with Gasteiger partial charge in [-0.2, -0.15) is 0 Å². The molecule has 14 heavy (non-hydrogen) atoms. The number of rotatable bonds is 1. The van der Waals surface area contributed by atoms with Crippen molar-refractivity contribution >= 4 is 42.9 Å². The molecule has 0 fully saturated rings. The molecule has 0 aliphatic carbocycles. The summed E-state index contributed by atoms with van der Waals surface area (Å²) in [7, 11) is 0. The van der Waals surface area contributed by atoms with Crippen LogP contribution in [0.15, 0.2) is 21.3 Å². The maximum absolute atomic E-state index is 12.6. The summed E-state index contributed by atoms with van der Waals surface area (Å²) in [5.41, 5.74) is 0.807. The Morgan fingerprint density at radius 3 is 2.64 bits per heavy atom. The van der Waals surface area contributed by atoms with E-state index in [9.17, 15) is 8.78 Å². The second kappa shape index (κ2) is 3.58. The summed E-state index contributed by atoms with van der Waals surface area (Å²) in [6.07, 6.45) is -2.51. The fraction of sp³-hybridized carbons (Fsp3) is 0.125. The Bertz CT molecular complexity index is 481. The van der Waals surface area contributed by atoms with E-state index in [4.69, 9.17) is 0 Å². The van der Waals surface area contributed by atoms with E-state index in [0.717, 1.165) is 4.47 Å². The van der Waals surface area contributed by atoms with Crippen LogP contribution in [0.4, 0.5) is 8.78 Å². The van der Waals surface area contributed by atoms with E-state index in [1.165, 1.54) is 6.07 Å². The minimum Gasteiger partial charge on any atom is -0.332 e. The average molecular weight is 326 g/mol. The van der Waals surface area contributed by atoms with Crippen molar-refractivity contribution in [1.29, 1.82) is 0 Å². The molecule has 2 rings (SSSR count). The lowest BCUT2D eigenvalue weighted by atomic mass is 10.2. The summed E-state index contributed by atoms with van der Waals surface area (Å²) in [6.45, 7) is 0. The van der Waals surface area contributed by atoms with Crippen molar-refractivity contribution < 1.29 is 8.78 Å². The van der Waals surface area contributed by atoms with Crippen LogP contribution < -0.4 is 0 Å². The van der Waals surface area contributed by atoms with Crippen LogP contribution in [0.25, 0.3) is 11.0 Å². The number of alkyl halides is 2. The van der Waals surface area contributed by atoms with Gasteiger partial charge in [-0.05, 0) is 44.0 Å². The van der Waals surface area contributed by atoms with Gasteiger partial charge in [0.2, 0.25) is 0 Å². The summed E-state index contributed by atoms with van der Waals surface area (Å²) < 4.78 is 26.3. The van der Waals surface area contributed by atoms with E-state index in [-0.39, 0.29) is 5.56 Å². The predicted octanol–water partition coefficient (Wildman–Crippen LogP) is 4.03. The molecule has 2 aromatic rings. The van der Waals surface area contributed by atoms with Crippen LogP contribution in [0.5, 0.6) is 0 Å². The van der Waals surface area contributed by atoms with Gasteiger partial charge in [-0.25, -0.2) is 13.8 Å². The average Bonchev–Trinajstić information content (AvgIpc) is 2.47. The number of fused-ring (bicyclic) bond motifs is 1. The number of nitrogens with one attached hydrogen (secondary N) is 1. The highest BCUT2D eigenvalue weighted by Crippen LogP contribution is 2.31. The number of hydrogen-bond donors (Lipinski definition) is 1. The largest absolute Gasteiger partial charge is 0.332 e. The van der Waals surface area contributed by atoms with Gasteiger partial charge in [0.05, 0.1) is 11.0 Å². The van der Waals surface area contributed by atoms with Crippen LogP contribution in [0, 0.1) is 0 Å². The first-order valence-corrected chi connectivity index (χ1v) is 5.30. The van der Waals surface area contributed by atoms with Gasteiger partial charge in [0.15, 0.2) is 4.73 Å². The number of nitrogens with zero attached hydrogens (tertiary/aromatic N) is 1. The number of benzene rings is 1. The third-order valence-corrected chi connectivity index (χ3v) is 2.87. The topological polar surface area (TPSA) is 28.7 Å². The number of aromatic nitrogens is 2. The van der Waals surface area contributed by atoms with E-state index >= 15 is 0 Å². The fourth-order valence-corrected chi connectivity index (χ4v) is 2.02. The van der Waals surface area contributed by atoms with Crippen molar-refractivity contribution in [3.05, 3.63) is 26.9 Å². The minimum absolute atomic E-state index is 0.0647. The Kier molecular flexibility index (Phi) is 2.57. The molecule has 0 saturated heterocycles. The van der Waals surface area contributed by atoms with Crippen LogP contribution in [-0.4, -0.2) is 9.97 Å². The molecule has 1 N–H and O–H groups in total. The van der Waals surface area contributed by atoms with Crippen LogP contribution in [0.2, 0.25) is 0 Å². The zero-order valence-electron chi connectivity index (χ0n) is 6.69. The molecule has 0 radical (unpaired) electrons. The Morgan fingerprint density at radius 2 is 2.00 bits per heavy atom. The summed E-state index contributed by atoms with van der Waals surface area (Å²) in [5.74, 6) is 0. The van der Waals surface area contributed by atoms with Crippen molar-refractivity contribution in [3.63, 3.8) is 0 Å². The van der Waals surface area contributed by atoms with Gasteiger partial charge < -0.3 is 4.98 Å². The third kappa shape index (κ3) is 1.56. The maximum Gasteiger partial charge on any atom is 0.266 e. The van der Waals surface area contributed by atoms with Crippen molar-refractivity contribution in [2.24, 2.45) is 0 Å². The molecule has 74 valence electrons. The number of H-pyrrole nitrogens is 1. The first-order chi connectivity index (χ1) is 6.59. The Labute approximate surface area is 95.0 Å². The lowest BCUT2D eigenvalue weighted by molar-refractivity contribution is 0.153. The lowest BCUT2D eigenvalue weighted by Gasteiger charge is -2.00. The molecule has 0 unspecified atom stereocenters. The molecule has 1 heterocycles. The smallest absolute Gasteiger partial charge is 0.266 e. The van der Waals surface area contributed by atoms with E-state index in [1.54, 1.807) is 6.07 Å². The molecule has 6 heteroatoms. The molecule has 1 aromatic heterocycles. The van der Waals surface area contributed by atoms with Crippen molar-refractivity contribution in [2.45, 2.75) is 6.43 Å². The zero-order valence-corrected chi connectivity index (χ0v) is 9.86. The maximum atomic E-state index is 12.6. The van der Waals surface area contributed by atoms with E-state index in [1.807, 2.05) is 0 Å². The van der Waals surface area contributed by atoms with Gasteiger partial charge >= 0.3 is 0 Å². The number of aromatic amines is 1. The Hall–Kier alpha value is -0.490. The molecular weight excluding hydrogens is 322 g/mol. The molecule has 2 nitrogen and oxygen atoms in total.